The minimum Gasteiger partial charge on any atom is -0.387 e. The van der Waals surface area contributed by atoms with Crippen LogP contribution in [0.15, 0.2) is 47.6 Å². The van der Waals surface area contributed by atoms with E-state index in [2.05, 4.69) is 10.5 Å². The molecule has 0 bridgehead atoms. The molecule has 0 aromatic heterocycles. The third-order valence-electron chi connectivity index (χ3n) is 5.82. The van der Waals surface area contributed by atoms with Crippen LogP contribution < -0.4 is 10.2 Å². The number of halogens is 6. The predicted octanol–water partition coefficient (Wildman–Crippen LogP) is 5.16. The maximum Gasteiger partial charge on any atom is 0.471 e. The SMILES string of the molecule is O=C(Nc1cccc(C2CC(c3c(Cl)cccc3N3CCN(C(=O)C(F)(F)F)CC3)=NO2)c1)C(Cl)Cl. The zero-order valence-electron chi connectivity index (χ0n) is 18.6. The number of nitrogens with zero attached hydrogens (tertiary/aromatic N) is 3. The van der Waals surface area contributed by atoms with Crippen LogP contribution in [0.3, 0.4) is 0 Å². The minimum absolute atomic E-state index is 0.0696. The first-order chi connectivity index (χ1) is 17.0. The molecule has 36 heavy (non-hydrogen) atoms. The van der Waals surface area contributed by atoms with Crippen molar-refractivity contribution in [3.63, 3.8) is 0 Å². The summed E-state index contributed by atoms with van der Waals surface area (Å²) in [6.07, 6.45) is -4.98. The zero-order chi connectivity index (χ0) is 26.0. The number of piperazine rings is 1. The standard InChI is InChI=1S/C23H20Cl3F3N4O3/c24-15-5-2-6-17(32-7-9-33(10-8-32)22(35)23(27,28)29)19(15)16-12-18(36-31-16)13-3-1-4-14(11-13)30-21(34)20(25)26/h1-6,11,18,20H,7-10,12H2,(H,30,34). The van der Waals surface area contributed by atoms with E-state index in [1.54, 1.807) is 30.3 Å². The average Bonchev–Trinajstić information content (AvgIpc) is 3.33. The van der Waals surface area contributed by atoms with Gasteiger partial charge < -0.3 is 20.0 Å². The van der Waals surface area contributed by atoms with E-state index in [0.29, 0.717) is 34.1 Å². The van der Waals surface area contributed by atoms with Gasteiger partial charge in [0.1, 0.15) is 0 Å². The molecule has 0 radical (unpaired) electrons. The van der Waals surface area contributed by atoms with Crippen molar-refractivity contribution >= 4 is 63.7 Å². The third-order valence-corrected chi connectivity index (χ3v) is 6.53. The van der Waals surface area contributed by atoms with E-state index in [1.807, 2.05) is 17.0 Å². The highest BCUT2D eigenvalue weighted by atomic mass is 35.5. The highest BCUT2D eigenvalue weighted by Gasteiger charge is 2.43. The molecular weight excluding hydrogens is 544 g/mol. The molecule has 2 heterocycles. The molecule has 0 aliphatic carbocycles. The Morgan fingerprint density at radius 2 is 1.78 bits per heavy atom. The molecule has 13 heteroatoms. The summed E-state index contributed by atoms with van der Waals surface area (Å²) < 4.78 is 38.4. The van der Waals surface area contributed by atoms with E-state index in [4.69, 9.17) is 39.6 Å². The summed E-state index contributed by atoms with van der Waals surface area (Å²) in [5.41, 5.74) is 3.13. The first kappa shape index (κ1) is 26.4. The number of carbonyl (C=O) groups excluding carboxylic acids is 2. The lowest BCUT2D eigenvalue weighted by molar-refractivity contribution is -0.185. The molecule has 1 saturated heterocycles. The highest BCUT2D eigenvalue weighted by Crippen LogP contribution is 2.37. The summed E-state index contributed by atoms with van der Waals surface area (Å²) in [6.45, 7) is 0.271. The Labute approximate surface area is 219 Å². The first-order valence-electron chi connectivity index (χ1n) is 10.9. The van der Waals surface area contributed by atoms with E-state index in [0.717, 1.165) is 10.5 Å². The molecule has 2 aliphatic rings. The highest BCUT2D eigenvalue weighted by molar-refractivity contribution is 6.54. The van der Waals surface area contributed by atoms with Crippen LogP contribution in [0.2, 0.25) is 5.02 Å². The van der Waals surface area contributed by atoms with Crippen LogP contribution in [0, 0.1) is 0 Å². The molecular formula is C23H20Cl3F3N4O3. The van der Waals surface area contributed by atoms with Crippen molar-refractivity contribution in [1.82, 2.24) is 4.90 Å². The quantitative estimate of drug-likeness (QED) is 0.510. The lowest BCUT2D eigenvalue weighted by atomic mass is 9.98. The Hall–Kier alpha value is -2.69. The van der Waals surface area contributed by atoms with E-state index in [9.17, 15) is 22.8 Å². The number of nitrogens with one attached hydrogen (secondary N) is 1. The van der Waals surface area contributed by atoms with Crippen molar-refractivity contribution in [3.05, 3.63) is 58.6 Å². The molecule has 2 aliphatic heterocycles. The van der Waals surface area contributed by atoms with Gasteiger partial charge in [0, 0.05) is 49.5 Å². The topological polar surface area (TPSA) is 74.2 Å². The molecule has 1 unspecified atom stereocenters. The van der Waals surface area contributed by atoms with Gasteiger partial charge in [-0.05, 0) is 29.8 Å². The second-order valence-corrected chi connectivity index (χ2v) is 9.67. The van der Waals surface area contributed by atoms with Crippen LogP contribution in [0.1, 0.15) is 23.7 Å². The fourth-order valence-corrected chi connectivity index (χ4v) is 4.50. The van der Waals surface area contributed by atoms with E-state index in [-0.39, 0.29) is 26.2 Å². The number of carbonyl (C=O) groups is 2. The number of hydrogen-bond acceptors (Lipinski definition) is 5. The molecule has 2 amide bonds. The molecule has 7 nitrogen and oxygen atoms in total. The first-order valence-corrected chi connectivity index (χ1v) is 12.1. The van der Waals surface area contributed by atoms with Gasteiger partial charge in [-0.25, -0.2) is 0 Å². The smallest absolute Gasteiger partial charge is 0.387 e. The van der Waals surface area contributed by atoms with E-state index < -0.39 is 28.9 Å². The number of anilines is 2. The van der Waals surface area contributed by atoms with E-state index in [1.165, 1.54) is 0 Å². The normalized spacial score (nSPS) is 18.2. The molecule has 0 saturated carbocycles. The molecule has 4 rings (SSSR count). The summed E-state index contributed by atoms with van der Waals surface area (Å²) in [4.78, 5) is 30.5. The van der Waals surface area contributed by atoms with Gasteiger partial charge in [0.25, 0.3) is 5.91 Å². The molecule has 2 aromatic carbocycles. The van der Waals surface area contributed by atoms with Gasteiger partial charge in [-0.2, -0.15) is 13.2 Å². The lowest BCUT2D eigenvalue weighted by Gasteiger charge is -2.37. The second-order valence-electron chi connectivity index (χ2n) is 8.16. The zero-order valence-corrected chi connectivity index (χ0v) is 20.8. The van der Waals surface area contributed by atoms with Crippen molar-refractivity contribution < 1.29 is 27.6 Å². The number of benzene rings is 2. The lowest BCUT2D eigenvalue weighted by Crippen LogP contribution is -2.52. The molecule has 1 atom stereocenters. The maximum atomic E-state index is 12.8. The number of hydrogen-bond donors (Lipinski definition) is 1. The summed E-state index contributed by atoms with van der Waals surface area (Å²) in [5.74, 6) is -2.39. The fraction of sp³-hybridized carbons (Fsp3) is 0.348. The van der Waals surface area contributed by atoms with Crippen molar-refractivity contribution in [1.29, 1.82) is 0 Å². The van der Waals surface area contributed by atoms with E-state index >= 15 is 0 Å². The third kappa shape index (κ3) is 5.82. The van der Waals surface area contributed by atoms with Crippen LogP contribution in [-0.2, 0) is 14.4 Å². The number of alkyl halides is 5. The molecule has 1 fully saturated rings. The fourth-order valence-electron chi connectivity index (χ4n) is 4.11. The molecule has 0 spiro atoms. The summed E-state index contributed by atoms with van der Waals surface area (Å²) in [6, 6.07) is 12.2. The van der Waals surface area contributed by atoms with Crippen molar-refractivity contribution in [2.24, 2.45) is 5.16 Å². The Kier molecular flexibility index (Phi) is 7.87. The monoisotopic (exact) mass is 562 g/mol. The van der Waals surface area contributed by atoms with Crippen LogP contribution in [-0.4, -0.2) is 59.6 Å². The van der Waals surface area contributed by atoms with Gasteiger partial charge in [-0.3, -0.25) is 9.59 Å². The van der Waals surface area contributed by atoms with Gasteiger partial charge in [0.15, 0.2) is 10.9 Å². The summed E-state index contributed by atoms with van der Waals surface area (Å²) in [7, 11) is 0. The minimum atomic E-state index is -4.90. The summed E-state index contributed by atoms with van der Waals surface area (Å²) in [5, 5.41) is 7.26. The van der Waals surface area contributed by atoms with Gasteiger partial charge >= 0.3 is 12.1 Å². The van der Waals surface area contributed by atoms with Crippen LogP contribution in [0.25, 0.3) is 0 Å². The Morgan fingerprint density at radius 3 is 2.44 bits per heavy atom. The Morgan fingerprint density at radius 1 is 1.08 bits per heavy atom. The van der Waals surface area contributed by atoms with Gasteiger partial charge in [-0.15, -0.1) is 0 Å². The number of amides is 2. The van der Waals surface area contributed by atoms with Crippen molar-refractivity contribution in [2.45, 2.75) is 23.5 Å². The van der Waals surface area contributed by atoms with Crippen LogP contribution >= 0.6 is 34.8 Å². The molecule has 1 N–H and O–H groups in total. The van der Waals surface area contributed by atoms with Gasteiger partial charge in [0.2, 0.25) is 0 Å². The largest absolute Gasteiger partial charge is 0.471 e. The molecule has 192 valence electrons. The van der Waals surface area contributed by atoms with Gasteiger partial charge in [-0.1, -0.05) is 58.2 Å². The van der Waals surface area contributed by atoms with Crippen LogP contribution in [0.5, 0.6) is 0 Å². The Balaban J connectivity index is 1.49. The van der Waals surface area contributed by atoms with Crippen LogP contribution in [0.4, 0.5) is 24.5 Å². The number of rotatable bonds is 5. The Bertz CT molecular complexity index is 1180. The van der Waals surface area contributed by atoms with Crippen molar-refractivity contribution in [2.75, 3.05) is 36.4 Å². The molecule has 2 aromatic rings. The maximum absolute atomic E-state index is 12.8. The van der Waals surface area contributed by atoms with Crippen molar-refractivity contribution in [3.8, 4) is 0 Å². The van der Waals surface area contributed by atoms with Gasteiger partial charge in [0.05, 0.1) is 10.7 Å². The average molecular weight is 564 g/mol. The predicted molar refractivity (Wildman–Crippen MR) is 132 cm³/mol. The second kappa shape index (κ2) is 10.7. The summed E-state index contributed by atoms with van der Waals surface area (Å²) >= 11 is 17.7. The number of oxime groups is 1.